The Labute approximate surface area is 140 Å². The van der Waals surface area contributed by atoms with Gasteiger partial charge in [0.25, 0.3) is 0 Å². The molecule has 0 heterocycles. The third-order valence-corrected chi connectivity index (χ3v) is 3.51. The van der Waals surface area contributed by atoms with Crippen LogP contribution in [0, 0.1) is 6.92 Å². The highest BCUT2D eigenvalue weighted by Crippen LogP contribution is 2.21. The van der Waals surface area contributed by atoms with Crippen LogP contribution in [0.4, 0.5) is 0 Å². The van der Waals surface area contributed by atoms with Crippen molar-refractivity contribution in [3.8, 4) is 5.75 Å². The number of nitrogens with one attached hydrogen (secondary N) is 2. The summed E-state index contributed by atoms with van der Waals surface area (Å²) in [6, 6.07) is 6.22. The fourth-order valence-electron chi connectivity index (χ4n) is 1.96. The van der Waals surface area contributed by atoms with Gasteiger partial charge in [0.15, 0.2) is 5.96 Å². The predicted molar refractivity (Wildman–Crippen MR) is 96.3 cm³/mol. The minimum atomic E-state index is -0.240. The molecule has 1 rings (SSSR count). The first-order valence-corrected chi connectivity index (χ1v) is 8.21. The van der Waals surface area contributed by atoms with Crippen molar-refractivity contribution in [2.24, 2.45) is 4.99 Å². The first-order valence-electron chi connectivity index (χ1n) is 8.21. The minimum absolute atomic E-state index is 0.240. The summed E-state index contributed by atoms with van der Waals surface area (Å²) in [5, 5.41) is 6.57. The Hall–Kier alpha value is -1.75. The van der Waals surface area contributed by atoms with Crippen molar-refractivity contribution in [1.82, 2.24) is 10.6 Å². The second kappa shape index (κ2) is 9.40. The molecule has 0 spiro atoms. The van der Waals surface area contributed by atoms with Gasteiger partial charge in [0.1, 0.15) is 5.75 Å². The standard InChI is InChI=1S/C18H31N3O2/c1-7-19-17(21-13-18(4,5)22-6)20-12-15-10-9-14(3)11-16(15)23-8-2/h9-11H,7-8,12-13H2,1-6H3,(H2,19,20,21). The van der Waals surface area contributed by atoms with E-state index in [1.165, 1.54) is 5.56 Å². The van der Waals surface area contributed by atoms with E-state index in [2.05, 4.69) is 47.7 Å². The number of aliphatic imine (C=N–C) groups is 1. The van der Waals surface area contributed by atoms with Crippen molar-refractivity contribution in [2.45, 2.75) is 46.8 Å². The summed E-state index contributed by atoms with van der Waals surface area (Å²) in [7, 11) is 1.71. The first kappa shape index (κ1) is 19.3. The highest BCUT2D eigenvalue weighted by Gasteiger charge is 2.16. The average Bonchev–Trinajstić information content (AvgIpc) is 2.52. The van der Waals surface area contributed by atoms with Gasteiger partial charge in [0.2, 0.25) is 0 Å². The predicted octanol–water partition coefficient (Wildman–Crippen LogP) is 2.87. The summed E-state index contributed by atoms with van der Waals surface area (Å²) in [4.78, 5) is 4.65. The van der Waals surface area contributed by atoms with E-state index in [1.807, 2.05) is 20.8 Å². The quantitative estimate of drug-likeness (QED) is 0.571. The molecule has 0 saturated heterocycles. The van der Waals surface area contributed by atoms with Crippen molar-refractivity contribution < 1.29 is 9.47 Å². The van der Waals surface area contributed by atoms with Gasteiger partial charge in [0, 0.05) is 25.8 Å². The molecular weight excluding hydrogens is 290 g/mol. The summed E-state index contributed by atoms with van der Waals surface area (Å²) in [5.74, 6) is 1.69. The minimum Gasteiger partial charge on any atom is -0.494 e. The molecule has 0 aliphatic heterocycles. The maximum absolute atomic E-state index is 5.71. The molecule has 0 aromatic heterocycles. The van der Waals surface area contributed by atoms with Gasteiger partial charge in [-0.05, 0) is 46.2 Å². The summed E-state index contributed by atoms with van der Waals surface area (Å²) >= 11 is 0. The Morgan fingerprint density at radius 1 is 1.22 bits per heavy atom. The summed E-state index contributed by atoms with van der Waals surface area (Å²) in [5.41, 5.74) is 2.03. The van der Waals surface area contributed by atoms with Gasteiger partial charge in [-0.25, -0.2) is 4.99 Å². The first-order chi connectivity index (χ1) is 10.9. The van der Waals surface area contributed by atoms with Crippen molar-refractivity contribution in [1.29, 1.82) is 0 Å². The fourth-order valence-corrected chi connectivity index (χ4v) is 1.96. The molecule has 1 aromatic rings. The molecule has 0 aliphatic carbocycles. The zero-order valence-corrected chi connectivity index (χ0v) is 15.3. The molecule has 0 amide bonds. The lowest BCUT2D eigenvalue weighted by Gasteiger charge is -2.24. The summed E-state index contributed by atoms with van der Waals surface area (Å²) in [6.45, 7) is 12.9. The van der Waals surface area contributed by atoms with Gasteiger partial charge in [-0.1, -0.05) is 12.1 Å². The van der Waals surface area contributed by atoms with Crippen LogP contribution in [0.25, 0.3) is 0 Å². The average molecular weight is 321 g/mol. The number of rotatable bonds is 8. The monoisotopic (exact) mass is 321 g/mol. The maximum Gasteiger partial charge on any atom is 0.191 e. The number of aryl methyl sites for hydroxylation is 1. The van der Waals surface area contributed by atoms with Crippen LogP contribution in [-0.2, 0) is 11.3 Å². The molecule has 130 valence electrons. The van der Waals surface area contributed by atoms with Gasteiger partial charge in [-0.3, -0.25) is 0 Å². The van der Waals surface area contributed by atoms with Crippen LogP contribution in [-0.4, -0.2) is 38.4 Å². The lowest BCUT2D eigenvalue weighted by molar-refractivity contribution is 0.0268. The van der Waals surface area contributed by atoms with Gasteiger partial charge in [0.05, 0.1) is 18.8 Å². The Morgan fingerprint density at radius 2 is 1.96 bits per heavy atom. The molecular formula is C18H31N3O2. The number of methoxy groups -OCH3 is 1. The molecule has 0 saturated carbocycles. The molecule has 0 fully saturated rings. The Bertz CT molecular complexity index is 513. The van der Waals surface area contributed by atoms with Gasteiger partial charge >= 0.3 is 0 Å². The van der Waals surface area contributed by atoms with Crippen LogP contribution in [0.15, 0.2) is 23.2 Å². The van der Waals surface area contributed by atoms with Gasteiger partial charge < -0.3 is 20.1 Å². The SMILES string of the molecule is CCNC(=NCc1ccc(C)cc1OCC)NCC(C)(C)OC. The van der Waals surface area contributed by atoms with E-state index >= 15 is 0 Å². The van der Waals surface area contributed by atoms with Crippen LogP contribution in [0.5, 0.6) is 5.75 Å². The van der Waals surface area contributed by atoms with Crippen molar-refractivity contribution in [3.05, 3.63) is 29.3 Å². The van der Waals surface area contributed by atoms with Crippen LogP contribution in [0.2, 0.25) is 0 Å². The maximum atomic E-state index is 5.71. The highest BCUT2D eigenvalue weighted by atomic mass is 16.5. The third kappa shape index (κ3) is 6.91. The van der Waals surface area contributed by atoms with Crippen molar-refractivity contribution in [2.75, 3.05) is 26.8 Å². The molecule has 0 aliphatic rings. The smallest absolute Gasteiger partial charge is 0.191 e. The lowest BCUT2D eigenvalue weighted by atomic mass is 10.1. The van der Waals surface area contributed by atoms with E-state index in [-0.39, 0.29) is 5.60 Å². The normalized spacial score (nSPS) is 12.2. The second-order valence-electron chi connectivity index (χ2n) is 6.06. The number of hydrogen-bond acceptors (Lipinski definition) is 3. The zero-order valence-electron chi connectivity index (χ0n) is 15.3. The van der Waals surface area contributed by atoms with Crippen LogP contribution in [0.1, 0.15) is 38.8 Å². The molecule has 5 nitrogen and oxygen atoms in total. The highest BCUT2D eigenvalue weighted by molar-refractivity contribution is 5.79. The van der Waals surface area contributed by atoms with Crippen LogP contribution in [0.3, 0.4) is 0 Å². The lowest BCUT2D eigenvalue weighted by Crippen LogP contribution is -2.45. The Kier molecular flexibility index (Phi) is 7.89. The molecule has 5 heteroatoms. The fraction of sp³-hybridized carbons (Fsp3) is 0.611. The number of ether oxygens (including phenoxy) is 2. The summed E-state index contributed by atoms with van der Waals surface area (Å²) < 4.78 is 11.1. The largest absolute Gasteiger partial charge is 0.494 e. The Balaban J connectivity index is 2.80. The van der Waals surface area contributed by atoms with E-state index < -0.39 is 0 Å². The second-order valence-corrected chi connectivity index (χ2v) is 6.06. The number of guanidine groups is 1. The molecule has 0 radical (unpaired) electrons. The molecule has 2 N–H and O–H groups in total. The van der Waals surface area contributed by atoms with E-state index in [9.17, 15) is 0 Å². The van der Waals surface area contributed by atoms with Crippen molar-refractivity contribution in [3.63, 3.8) is 0 Å². The molecule has 23 heavy (non-hydrogen) atoms. The Morgan fingerprint density at radius 3 is 2.57 bits per heavy atom. The molecule has 0 unspecified atom stereocenters. The van der Waals surface area contributed by atoms with Crippen molar-refractivity contribution >= 4 is 5.96 Å². The van der Waals surface area contributed by atoms with Gasteiger partial charge in [-0.2, -0.15) is 0 Å². The number of hydrogen-bond donors (Lipinski definition) is 2. The molecule has 1 aromatic carbocycles. The molecule has 0 atom stereocenters. The van der Waals surface area contributed by atoms with Crippen LogP contribution >= 0.6 is 0 Å². The van der Waals surface area contributed by atoms with E-state index in [0.717, 1.165) is 23.8 Å². The van der Waals surface area contributed by atoms with E-state index in [4.69, 9.17) is 9.47 Å². The van der Waals surface area contributed by atoms with Crippen LogP contribution < -0.4 is 15.4 Å². The number of nitrogens with zero attached hydrogens (tertiary/aromatic N) is 1. The van der Waals surface area contributed by atoms with Gasteiger partial charge in [-0.15, -0.1) is 0 Å². The number of benzene rings is 1. The van der Waals surface area contributed by atoms with E-state index in [0.29, 0.717) is 19.7 Å². The third-order valence-electron chi connectivity index (χ3n) is 3.51. The topological polar surface area (TPSA) is 54.9 Å². The zero-order chi connectivity index (χ0) is 17.3. The van der Waals surface area contributed by atoms with E-state index in [1.54, 1.807) is 7.11 Å². The molecule has 0 bridgehead atoms. The summed E-state index contributed by atoms with van der Waals surface area (Å²) in [6.07, 6.45) is 0.